The highest BCUT2D eigenvalue weighted by Gasteiger charge is 2.21. The SMILES string of the molecule is CC(O)(CCc1ccc(Cl)cc1)n1ccnc1. The van der Waals surface area contributed by atoms with E-state index in [1.165, 1.54) is 0 Å². The first kappa shape index (κ1) is 12.1. The van der Waals surface area contributed by atoms with Gasteiger partial charge < -0.3 is 9.67 Å². The third kappa shape index (κ3) is 3.08. The molecule has 0 saturated carbocycles. The van der Waals surface area contributed by atoms with Crippen LogP contribution >= 0.6 is 11.6 Å². The molecule has 0 aliphatic rings. The Kier molecular flexibility index (Phi) is 3.50. The van der Waals surface area contributed by atoms with Crippen LogP contribution in [0.25, 0.3) is 0 Å². The van der Waals surface area contributed by atoms with Crippen molar-refractivity contribution in [3.05, 3.63) is 53.6 Å². The van der Waals surface area contributed by atoms with Gasteiger partial charge in [0, 0.05) is 17.4 Å². The maximum absolute atomic E-state index is 10.3. The number of aryl methyl sites for hydroxylation is 1. The fraction of sp³-hybridized carbons (Fsp3) is 0.308. The maximum atomic E-state index is 10.3. The third-order valence-electron chi connectivity index (χ3n) is 2.86. The predicted octanol–water partition coefficient (Wildman–Crippen LogP) is 2.83. The van der Waals surface area contributed by atoms with E-state index in [9.17, 15) is 5.11 Å². The Morgan fingerprint density at radius 1 is 1.35 bits per heavy atom. The number of halogens is 1. The van der Waals surface area contributed by atoms with Gasteiger partial charge >= 0.3 is 0 Å². The molecule has 0 bridgehead atoms. The van der Waals surface area contributed by atoms with Gasteiger partial charge in [0.15, 0.2) is 0 Å². The Morgan fingerprint density at radius 2 is 2.06 bits per heavy atom. The quantitative estimate of drug-likeness (QED) is 0.906. The lowest BCUT2D eigenvalue weighted by Crippen LogP contribution is -2.29. The Hall–Kier alpha value is -1.32. The molecular formula is C13H15ClN2O. The average Bonchev–Trinajstić information content (AvgIpc) is 2.82. The van der Waals surface area contributed by atoms with Crippen molar-refractivity contribution in [2.45, 2.75) is 25.5 Å². The summed E-state index contributed by atoms with van der Waals surface area (Å²) in [5.41, 5.74) is 0.255. The van der Waals surface area contributed by atoms with Gasteiger partial charge in [-0.3, -0.25) is 0 Å². The van der Waals surface area contributed by atoms with Gasteiger partial charge in [0.05, 0.1) is 6.33 Å². The molecule has 0 amide bonds. The second-order valence-electron chi connectivity index (χ2n) is 4.31. The van der Waals surface area contributed by atoms with Crippen LogP contribution in [0.2, 0.25) is 5.02 Å². The monoisotopic (exact) mass is 250 g/mol. The number of hydrogen-bond donors (Lipinski definition) is 1. The number of hydrogen-bond acceptors (Lipinski definition) is 2. The smallest absolute Gasteiger partial charge is 0.139 e. The van der Waals surface area contributed by atoms with Crippen LogP contribution in [-0.2, 0) is 12.1 Å². The Labute approximate surface area is 106 Å². The van der Waals surface area contributed by atoms with Crippen LogP contribution in [0, 0.1) is 0 Å². The number of aliphatic hydroxyl groups is 1. The van der Waals surface area contributed by atoms with Gasteiger partial charge in [-0.15, -0.1) is 0 Å². The van der Waals surface area contributed by atoms with E-state index < -0.39 is 5.72 Å². The fourth-order valence-electron chi connectivity index (χ4n) is 1.71. The second kappa shape index (κ2) is 4.90. The van der Waals surface area contributed by atoms with E-state index in [-0.39, 0.29) is 0 Å². The van der Waals surface area contributed by atoms with Crippen LogP contribution in [0.4, 0.5) is 0 Å². The normalized spacial score (nSPS) is 14.5. The molecule has 0 fully saturated rings. The van der Waals surface area contributed by atoms with E-state index in [4.69, 9.17) is 11.6 Å². The van der Waals surface area contributed by atoms with E-state index in [0.717, 1.165) is 17.0 Å². The van der Waals surface area contributed by atoms with Gasteiger partial charge in [-0.2, -0.15) is 0 Å². The Balaban J connectivity index is 2.00. The molecule has 1 aromatic heterocycles. The van der Waals surface area contributed by atoms with Crippen molar-refractivity contribution in [2.24, 2.45) is 0 Å². The summed E-state index contributed by atoms with van der Waals surface area (Å²) in [5, 5.41) is 11.0. The molecule has 2 aromatic rings. The molecule has 0 saturated heterocycles. The zero-order chi connectivity index (χ0) is 12.3. The summed E-state index contributed by atoms with van der Waals surface area (Å²) >= 11 is 5.82. The predicted molar refractivity (Wildman–Crippen MR) is 67.9 cm³/mol. The highest BCUT2D eigenvalue weighted by Crippen LogP contribution is 2.20. The summed E-state index contributed by atoms with van der Waals surface area (Å²) in [6.07, 6.45) is 6.48. The van der Waals surface area contributed by atoms with Crippen molar-refractivity contribution in [3.63, 3.8) is 0 Å². The third-order valence-corrected chi connectivity index (χ3v) is 3.11. The van der Waals surface area contributed by atoms with Crippen molar-refractivity contribution in [1.82, 2.24) is 9.55 Å². The molecule has 90 valence electrons. The number of imidazole rings is 1. The van der Waals surface area contributed by atoms with Crippen LogP contribution in [0.1, 0.15) is 18.9 Å². The molecule has 0 radical (unpaired) electrons. The van der Waals surface area contributed by atoms with Crippen molar-refractivity contribution in [2.75, 3.05) is 0 Å². The minimum atomic E-state index is -0.907. The molecule has 0 aliphatic carbocycles. The first-order valence-electron chi connectivity index (χ1n) is 5.53. The molecule has 17 heavy (non-hydrogen) atoms. The van der Waals surface area contributed by atoms with Gasteiger partial charge in [-0.05, 0) is 37.5 Å². The molecular weight excluding hydrogens is 236 g/mol. The van der Waals surface area contributed by atoms with Gasteiger partial charge in [0.2, 0.25) is 0 Å². The van der Waals surface area contributed by atoms with Gasteiger partial charge in [0.1, 0.15) is 5.72 Å². The van der Waals surface area contributed by atoms with E-state index in [0.29, 0.717) is 6.42 Å². The molecule has 4 heteroatoms. The Bertz CT molecular complexity index is 463. The summed E-state index contributed by atoms with van der Waals surface area (Å²) in [5.74, 6) is 0. The molecule has 1 unspecified atom stereocenters. The van der Waals surface area contributed by atoms with E-state index >= 15 is 0 Å². The molecule has 1 aromatic carbocycles. The van der Waals surface area contributed by atoms with Crippen LogP contribution in [0.15, 0.2) is 43.0 Å². The topological polar surface area (TPSA) is 38.0 Å². The van der Waals surface area contributed by atoms with Crippen molar-refractivity contribution in [3.8, 4) is 0 Å². The van der Waals surface area contributed by atoms with Gasteiger partial charge in [-0.25, -0.2) is 4.98 Å². The lowest BCUT2D eigenvalue weighted by molar-refractivity contribution is -0.0264. The molecule has 0 aliphatic heterocycles. The highest BCUT2D eigenvalue weighted by molar-refractivity contribution is 6.30. The minimum absolute atomic E-state index is 0.630. The van der Waals surface area contributed by atoms with E-state index in [2.05, 4.69) is 4.98 Å². The van der Waals surface area contributed by atoms with E-state index in [1.807, 2.05) is 24.3 Å². The summed E-state index contributed by atoms with van der Waals surface area (Å²) in [4.78, 5) is 3.94. The lowest BCUT2D eigenvalue weighted by atomic mass is 10.0. The highest BCUT2D eigenvalue weighted by atomic mass is 35.5. The standard InChI is InChI=1S/C13H15ClN2O/c1-13(17,16-9-8-15-10-16)7-6-11-2-4-12(14)5-3-11/h2-5,8-10,17H,6-7H2,1H3. The molecule has 1 atom stereocenters. The molecule has 1 N–H and O–H groups in total. The summed E-state index contributed by atoms with van der Waals surface area (Å²) in [7, 11) is 0. The molecule has 0 spiro atoms. The minimum Gasteiger partial charge on any atom is -0.371 e. The zero-order valence-electron chi connectivity index (χ0n) is 9.68. The van der Waals surface area contributed by atoms with Crippen molar-refractivity contribution >= 4 is 11.6 Å². The molecule has 3 nitrogen and oxygen atoms in total. The second-order valence-corrected chi connectivity index (χ2v) is 4.75. The Morgan fingerprint density at radius 3 is 2.65 bits per heavy atom. The average molecular weight is 251 g/mol. The van der Waals surface area contributed by atoms with Crippen LogP contribution in [-0.4, -0.2) is 14.7 Å². The first-order valence-corrected chi connectivity index (χ1v) is 5.91. The van der Waals surface area contributed by atoms with Crippen LogP contribution < -0.4 is 0 Å². The first-order chi connectivity index (χ1) is 8.08. The lowest BCUT2D eigenvalue weighted by Gasteiger charge is -2.24. The zero-order valence-corrected chi connectivity index (χ0v) is 10.4. The fourth-order valence-corrected chi connectivity index (χ4v) is 1.83. The van der Waals surface area contributed by atoms with Crippen molar-refractivity contribution < 1.29 is 5.11 Å². The van der Waals surface area contributed by atoms with Gasteiger partial charge in [0.25, 0.3) is 0 Å². The van der Waals surface area contributed by atoms with Crippen molar-refractivity contribution in [1.29, 1.82) is 0 Å². The number of nitrogens with zero attached hydrogens (tertiary/aromatic N) is 2. The number of aromatic nitrogens is 2. The largest absolute Gasteiger partial charge is 0.371 e. The molecule has 1 heterocycles. The van der Waals surface area contributed by atoms with Gasteiger partial charge in [-0.1, -0.05) is 23.7 Å². The number of benzene rings is 1. The summed E-state index contributed by atoms with van der Waals surface area (Å²) in [6, 6.07) is 7.68. The van der Waals surface area contributed by atoms with Crippen LogP contribution in [0.5, 0.6) is 0 Å². The maximum Gasteiger partial charge on any atom is 0.139 e. The number of rotatable bonds is 4. The van der Waals surface area contributed by atoms with Crippen LogP contribution in [0.3, 0.4) is 0 Å². The molecule has 2 rings (SSSR count). The van der Waals surface area contributed by atoms with E-state index in [1.54, 1.807) is 30.2 Å². The summed E-state index contributed by atoms with van der Waals surface area (Å²) in [6.45, 7) is 1.78. The summed E-state index contributed by atoms with van der Waals surface area (Å²) < 4.78 is 1.71.